The van der Waals surface area contributed by atoms with E-state index in [2.05, 4.69) is 41.2 Å². The Labute approximate surface area is 197 Å². The van der Waals surface area contributed by atoms with Gasteiger partial charge in [-0.3, -0.25) is 0 Å². The summed E-state index contributed by atoms with van der Waals surface area (Å²) >= 11 is 0. The van der Waals surface area contributed by atoms with Crippen LogP contribution in [0.3, 0.4) is 0 Å². The third-order valence-electron chi connectivity index (χ3n) is 7.56. The molecule has 6 rings (SSSR count). The number of likely N-dealkylation sites (N-methyl/N-ethyl adjacent to an activating group) is 1. The van der Waals surface area contributed by atoms with Crippen molar-refractivity contribution in [3.8, 4) is 0 Å². The molecule has 0 saturated heterocycles. The number of hydrogen-bond acceptors (Lipinski definition) is 7. The van der Waals surface area contributed by atoms with Gasteiger partial charge in [-0.15, -0.1) is 0 Å². The summed E-state index contributed by atoms with van der Waals surface area (Å²) in [6, 6.07) is 19.9. The van der Waals surface area contributed by atoms with E-state index in [0.717, 1.165) is 5.69 Å². The molecule has 0 saturated carbocycles. The monoisotopic (exact) mass is 473 g/mol. The van der Waals surface area contributed by atoms with Crippen molar-refractivity contribution in [2.45, 2.75) is 41.2 Å². The van der Waals surface area contributed by atoms with Gasteiger partial charge < -0.3 is 14.9 Å². The summed E-state index contributed by atoms with van der Waals surface area (Å²) < 4.78 is 26.9. The molecule has 3 aromatic carbocycles. The molecule has 3 aliphatic heterocycles. The fourth-order valence-corrected chi connectivity index (χ4v) is 7.28. The highest BCUT2D eigenvalue weighted by Gasteiger charge is 2.61. The molecule has 0 radical (unpaired) electrons. The fraction of sp³-hybridized carbons (Fsp3) is 0.231. The molecule has 3 aromatic rings. The second-order valence-electron chi connectivity index (χ2n) is 9.45. The molecule has 0 fully saturated rings. The summed E-state index contributed by atoms with van der Waals surface area (Å²) in [5.41, 5.74) is 3.54. The maximum Gasteiger partial charge on any atom is 0.224 e. The van der Waals surface area contributed by atoms with E-state index < -0.39 is 15.6 Å². The maximum absolute atomic E-state index is 13.5. The van der Waals surface area contributed by atoms with Crippen LogP contribution in [0.5, 0.6) is 0 Å². The summed E-state index contributed by atoms with van der Waals surface area (Å²) in [4.78, 5) is 8.52. The SMILES string of the molecule is CN1c2ccccc2C(C)(C)C12CC(c1ccc3c(c1)S(=O)(=O)c1ccccc1/C3=N/O)=NO2. The quantitative estimate of drug-likeness (QED) is 0.329. The Hall–Kier alpha value is -3.65. The largest absolute Gasteiger partial charge is 0.410 e. The van der Waals surface area contributed by atoms with Crippen LogP contribution in [-0.2, 0) is 20.1 Å². The molecule has 0 bridgehead atoms. The zero-order valence-electron chi connectivity index (χ0n) is 19.0. The van der Waals surface area contributed by atoms with Crippen molar-refractivity contribution < 1.29 is 18.5 Å². The predicted octanol–water partition coefficient (Wildman–Crippen LogP) is 4.31. The Morgan fingerprint density at radius 3 is 2.47 bits per heavy atom. The Morgan fingerprint density at radius 1 is 1.00 bits per heavy atom. The van der Waals surface area contributed by atoms with Gasteiger partial charge in [0.1, 0.15) is 5.71 Å². The summed E-state index contributed by atoms with van der Waals surface area (Å²) in [7, 11) is -1.80. The van der Waals surface area contributed by atoms with Crippen LogP contribution in [0.4, 0.5) is 5.69 Å². The molecule has 3 aliphatic rings. The van der Waals surface area contributed by atoms with Crippen molar-refractivity contribution in [2.24, 2.45) is 10.3 Å². The molecule has 0 amide bonds. The molecule has 34 heavy (non-hydrogen) atoms. The van der Waals surface area contributed by atoms with Crippen LogP contribution in [0.1, 0.15) is 42.5 Å². The van der Waals surface area contributed by atoms with Crippen LogP contribution in [0.25, 0.3) is 0 Å². The average Bonchev–Trinajstić information content (AvgIpc) is 3.37. The van der Waals surface area contributed by atoms with Gasteiger partial charge >= 0.3 is 0 Å². The van der Waals surface area contributed by atoms with Crippen molar-refractivity contribution in [1.82, 2.24) is 0 Å². The molecule has 1 spiro atoms. The molecule has 1 N–H and O–H groups in total. The van der Waals surface area contributed by atoms with Crippen LogP contribution in [0.15, 0.2) is 86.8 Å². The lowest BCUT2D eigenvalue weighted by Gasteiger charge is -2.40. The highest BCUT2D eigenvalue weighted by Crippen LogP contribution is 2.55. The van der Waals surface area contributed by atoms with E-state index >= 15 is 0 Å². The average molecular weight is 474 g/mol. The number of benzene rings is 3. The van der Waals surface area contributed by atoms with Gasteiger partial charge in [-0.25, -0.2) is 8.42 Å². The van der Waals surface area contributed by atoms with E-state index in [1.807, 2.05) is 25.2 Å². The summed E-state index contributed by atoms with van der Waals surface area (Å²) in [6.07, 6.45) is 0.488. The zero-order valence-corrected chi connectivity index (χ0v) is 19.8. The van der Waals surface area contributed by atoms with Crippen molar-refractivity contribution in [1.29, 1.82) is 0 Å². The first kappa shape index (κ1) is 20.9. The van der Waals surface area contributed by atoms with E-state index in [-0.39, 0.29) is 20.9 Å². The lowest BCUT2D eigenvalue weighted by Crippen LogP contribution is -2.54. The Morgan fingerprint density at radius 2 is 1.71 bits per heavy atom. The number of nitrogens with zero attached hydrogens (tertiary/aromatic N) is 3. The first-order chi connectivity index (χ1) is 16.2. The third-order valence-corrected chi connectivity index (χ3v) is 9.41. The van der Waals surface area contributed by atoms with Gasteiger partial charge in [0.05, 0.1) is 27.3 Å². The molecule has 1 unspecified atom stereocenters. The minimum absolute atomic E-state index is 0.0995. The molecule has 0 aromatic heterocycles. The summed E-state index contributed by atoms with van der Waals surface area (Å²) in [6.45, 7) is 4.29. The zero-order chi connectivity index (χ0) is 23.9. The maximum atomic E-state index is 13.5. The topological polar surface area (TPSA) is 91.6 Å². The first-order valence-corrected chi connectivity index (χ1v) is 12.5. The number of oxime groups is 2. The van der Waals surface area contributed by atoms with Gasteiger partial charge in [0.2, 0.25) is 15.6 Å². The second-order valence-corrected chi connectivity index (χ2v) is 11.3. The lowest BCUT2D eigenvalue weighted by atomic mass is 9.75. The normalized spacial score (nSPS) is 24.4. The molecule has 7 nitrogen and oxygen atoms in total. The van der Waals surface area contributed by atoms with Gasteiger partial charge in [-0.1, -0.05) is 58.8 Å². The molecular weight excluding hydrogens is 450 g/mol. The highest BCUT2D eigenvalue weighted by atomic mass is 32.2. The summed E-state index contributed by atoms with van der Waals surface area (Å²) in [5, 5.41) is 17.6. The number of anilines is 1. The van der Waals surface area contributed by atoms with Crippen LogP contribution in [-0.4, -0.2) is 37.8 Å². The van der Waals surface area contributed by atoms with Crippen molar-refractivity contribution in [3.05, 3.63) is 89.0 Å². The number of para-hydroxylation sites is 1. The number of fused-ring (bicyclic) bond motifs is 3. The predicted molar refractivity (Wildman–Crippen MR) is 129 cm³/mol. The molecule has 0 aliphatic carbocycles. The van der Waals surface area contributed by atoms with E-state index in [0.29, 0.717) is 28.8 Å². The molecular formula is C26H23N3O4S. The van der Waals surface area contributed by atoms with E-state index in [1.165, 1.54) is 11.6 Å². The van der Waals surface area contributed by atoms with Gasteiger partial charge in [-0.2, -0.15) is 0 Å². The van der Waals surface area contributed by atoms with Gasteiger partial charge in [0.25, 0.3) is 0 Å². The first-order valence-electron chi connectivity index (χ1n) is 11.0. The third kappa shape index (κ3) is 2.43. The molecule has 172 valence electrons. The second kappa shape index (κ2) is 6.70. The van der Waals surface area contributed by atoms with E-state index in [1.54, 1.807) is 30.3 Å². The standard InChI is InChI=1S/C26H23N3O4S/c1-25(2)19-9-5-6-10-21(19)29(3)26(25)15-20(28-33-26)16-12-13-18-23(14-16)34(31,32)22-11-7-4-8-17(22)24(18)27-30/h4-14,30H,15H2,1-3H3/b27-24-. The highest BCUT2D eigenvalue weighted by molar-refractivity contribution is 7.91. The Bertz CT molecular complexity index is 1540. The van der Waals surface area contributed by atoms with Crippen molar-refractivity contribution >= 4 is 26.9 Å². The number of sulfone groups is 1. The van der Waals surface area contributed by atoms with E-state index in [4.69, 9.17) is 4.84 Å². The molecule has 1 atom stereocenters. The van der Waals surface area contributed by atoms with E-state index in [9.17, 15) is 13.6 Å². The number of rotatable bonds is 1. The number of hydrogen-bond donors (Lipinski definition) is 1. The minimum Gasteiger partial charge on any atom is -0.410 e. The van der Waals surface area contributed by atoms with Crippen molar-refractivity contribution in [3.63, 3.8) is 0 Å². The Balaban J connectivity index is 1.43. The molecule has 8 heteroatoms. The fourth-order valence-electron chi connectivity index (χ4n) is 5.60. The summed E-state index contributed by atoms with van der Waals surface area (Å²) in [5.74, 6) is 0. The van der Waals surface area contributed by atoms with Gasteiger partial charge in [-0.05, 0) is 37.6 Å². The van der Waals surface area contributed by atoms with Gasteiger partial charge in [0, 0.05) is 29.4 Å². The van der Waals surface area contributed by atoms with Crippen LogP contribution in [0.2, 0.25) is 0 Å². The lowest BCUT2D eigenvalue weighted by molar-refractivity contribution is -0.0591. The van der Waals surface area contributed by atoms with Gasteiger partial charge in [0.15, 0.2) is 0 Å². The Kier molecular flexibility index (Phi) is 4.12. The van der Waals surface area contributed by atoms with Crippen LogP contribution >= 0.6 is 0 Å². The van der Waals surface area contributed by atoms with Crippen LogP contribution < -0.4 is 4.90 Å². The smallest absolute Gasteiger partial charge is 0.224 e. The van der Waals surface area contributed by atoms with Crippen molar-refractivity contribution in [2.75, 3.05) is 11.9 Å². The minimum atomic E-state index is -3.80. The van der Waals surface area contributed by atoms with Crippen LogP contribution in [0, 0.1) is 0 Å². The molecule has 3 heterocycles.